The van der Waals surface area contributed by atoms with Crippen molar-refractivity contribution < 1.29 is 14.4 Å². The Morgan fingerprint density at radius 2 is 1.97 bits per heavy atom. The normalized spacial score (nSPS) is 16.3. The van der Waals surface area contributed by atoms with Gasteiger partial charge in [-0.15, -0.1) is 0 Å². The van der Waals surface area contributed by atoms with Gasteiger partial charge in [0, 0.05) is 35.1 Å². The van der Waals surface area contributed by atoms with Crippen LogP contribution in [-0.4, -0.2) is 40.3 Å². The molecule has 3 N–H and O–H groups in total. The minimum Gasteiger partial charge on any atom is -0.361 e. The lowest BCUT2D eigenvalue weighted by Crippen LogP contribution is -2.41. The highest BCUT2D eigenvalue weighted by molar-refractivity contribution is 6.30. The quantitative estimate of drug-likeness (QED) is 0.545. The molecule has 1 atom stereocenters. The number of aromatic nitrogens is 1. The van der Waals surface area contributed by atoms with E-state index in [4.69, 9.17) is 11.6 Å². The van der Waals surface area contributed by atoms with Gasteiger partial charge < -0.3 is 15.6 Å². The highest BCUT2D eigenvalue weighted by Crippen LogP contribution is 2.21. The number of benzene rings is 2. The van der Waals surface area contributed by atoms with E-state index in [1.165, 1.54) is 0 Å². The summed E-state index contributed by atoms with van der Waals surface area (Å²) in [5, 5.41) is 6.95. The number of nitrogens with one attached hydrogen (secondary N) is 3. The summed E-state index contributed by atoms with van der Waals surface area (Å²) in [6.07, 6.45) is 2.19. The van der Waals surface area contributed by atoms with Gasteiger partial charge in [-0.2, -0.15) is 0 Å². The zero-order chi connectivity index (χ0) is 20.4. The van der Waals surface area contributed by atoms with Crippen LogP contribution in [0.3, 0.4) is 0 Å². The van der Waals surface area contributed by atoms with Crippen LogP contribution in [-0.2, 0) is 22.6 Å². The molecule has 0 unspecified atom stereocenters. The molecule has 2 heterocycles. The summed E-state index contributed by atoms with van der Waals surface area (Å²) in [6.45, 7) is -0.0581. The van der Waals surface area contributed by atoms with Crippen LogP contribution < -0.4 is 10.6 Å². The fourth-order valence-electron chi connectivity index (χ4n) is 3.43. The summed E-state index contributed by atoms with van der Waals surface area (Å²) in [6, 6.07) is 13.6. The molecule has 148 valence electrons. The fraction of sp³-hybridized carbons (Fsp3) is 0.190. The number of nitrogens with zero attached hydrogens (tertiary/aromatic N) is 1. The van der Waals surface area contributed by atoms with Crippen LogP contribution in [0.2, 0.25) is 5.02 Å². The number of amides is 4. The molecule has 4 rings (SSSR count). The molecule has 1 aromatic heterocycles. The van der Waals surface area contributed by atoms with Crippen molar-refractivity contribution in [1.82, 2.24) is 20.5 Å². The van der Waals surface area contributed by atoms with Crippen LogP contribution >= 0.6 is 11.6 Å². The third-order valence-electron chi connectivity index (χ3n) is 4.89. The van der Waals surface area contributed by atoms with Gasteiger partial charge in [-0.05, 0) is 29.3 Å². The van der Waals surface area contributed by atoms with E-state index < -0.39 is 23.9 Å². The molecule has 3 aromatic rings. The van der Waals surface area contributed by atoms with Gasteiger partial charge in [0.05, 0.1) is 0 Å². The second-order valence-corrected chi connectivity index (χ2v) is 7.33. The summed E-state index contributed by atoms with van der Waals surface area (Å²) in [5.74, 6) is -0.820. The summed E-state index contributed by atoms with van der Waals surface area (Å²) in [7, 11) is 0. The Labute approximate surface area is 172 Å². The van der Waals surface area contributed by atoms with E-state index in [1.54, 1.807) is 18.2 Å². The van der Waals surface area contributed by atoms with Gasteiger partial charge in [0.25, 0.3) is 5.91 Å². The first-order valence-corrected chi connectivity index (χ1v) is 9.57. The molecule has 1 fully saturated rings. The maximum absolute atomic E-state index is 12.7. The van der Waals surface area contributed by atoms with E-state index in [0.29, 0.717) is 11.4 Å². The van der Waals surface area contributed by atoms with E-state index in [0.717, 1.165) is 26.9 Å². The van der Waals surface area contributed by atoms with Crippen molar-refractivity contribution in [2.45, 2.75) is 19.0 Å². The molecule has 0 saturated carbocycles. The maximum Gasteiger partial charge on any atom is 0.325 e. The van der Waals surface area contributed by atoms with Crippen molar-refractivity contribution in [1.29, 1.82) is 0 Å². The van der Waals surface area contributed by atoms with Crippen LogP contribution in [0.5, 0.6) is 0 Å². The van der Waals surface area contributed by atoms with E-state index >= 15 is 0 Å². The Morgan fingerprint density at radius 1 is 1.14 bits per heavy atom. The zero-order valence-electron chi connectivity index (χ0n) is 15.4. The van der Waals surface area contributed by atoms with Crippen molar-refractivity contribution in [3.63, 3.8) is 0 Å². The smallest absolute Gasteiger partial charge is 0.325 e. The average Bonchev–Trinajstić information content (AvgIpc) is 3.23. The van der Waals surface area contributed by atoms with Crippen molar-refractivity contribution in [3.05, 3.63) is 70.9 Å². The lowest BCUT2D eigenvalue weighted by molar-refractivity contribution is -0.132. The van der Waals surface area contributed by atoms with Gasteiger partial charge in [-0.3, -0.25) is 14.5 Å². The van der Waals surface area contributed by atoms with Crippen LogP contribution in [0.1, 0.15) is 11.1 Å². The molecule has 0 aliphatic carbocycles. The number of urea groups is 1. The number of imide groups is 1. The Morgan fingerprint density at radius 3 is 2.79 bits per heavy atom. The third-order valence-corrected chi connectivity index (χ3v) is 5.12. The van der Waals surface area contributed by atoms with E-state index in [9.17, 15) is 14.4 Å². The Kier molecular flexibility index (Phi) is 5.22. The van der Waals surface area contributed by atoms with Crippen LogP contribution in [0, 0.1) is 0 Å². The average molecular weight is 411 g/mol. The standard InChI is InChI=1S/C21H19ClN4O3/c22-15-5-3-4-13(8-15)10-24-19(27)12-26-20(28)18(25-21(26)29)9-14-11-23-17-7-2-1-6-16(14)17/h1-8,11,18,23H,9-10,12H2,(H,24,27)(H,25,29)/t18-/m0/s1. The molecule has 2 aromatic carbocycles. The molecular formula is C21H19ClN4O3. The molecule has 1 aliphatic rings. The molecule has 0 radical (unpaired) electrons. The van der Waals surface area contributed by atoms with Gasteiger partial charge in [0.15, 0.2) is 0 Å². The Bertz CT molecular complexity index is 1090. The van der Waals surface area contributed by atoms with Gasteiger partial charge >= 0.3 is 6.03 Å². The highest BCUT2D eigenvalue weighted by atomic mass is 35.5. The molecule has 0 spiro atoms. The highest BCUT2D eigenvalue weighted by Gasteiger charge is 2.39. The molecular weight excluding hydrogens is 392 g/mol. The van der Waals surface area contributed by atoms with Crippen molar-refractivity contribution in [3.8, 4) is 0 Å². The number of rotatable bonds is 6. The predicted octanol–water partition coefficient (Wildman–Crippen LogP) is 2.60. The van der Waals surface area contributed by atoms with Crippen LogP contribution in [0.4, 0.5) is 4.79 Å². The largest absolute Gasteiger partial charge is 0.361 e. The lowest BCUT2D eigenvalue weighted by atomic mass is 10.1. The summed E-state index contributed by atoms with van der Waals surface area (Å²) < 4.78 is 0. The summed E-state index contributed by atoms with van der Waals surface area (Å²) >= 11 is 5.93. The second-order valence-electron chi connectivity index (χ2n) is 6.90. The molecule has 1 aliphatic heterocycles. The van der Waals surface area contributed by atoms with Crippen LogP contribution in [0.25, 0.3) is 10.9 Å². The number of carbonyl (C=O) groups is 3. The van der Waals surface area contributed by atoms with E-state index in [-0.39, 0.29) is 13.1 Å². The first-order valence-electron chi connectivity index (χ1n) is 9.19. The number of aromatic amines is 1. The molecule has 29 heavy (non-hydrogen) atoms. The third kappa shape index (κ3) is 4.09. The minimum absolute atomic E-state index is 0.266. The number of fused-ring (bicyclic) bond motifs is 1. The van der Waals surface area contributed by atoms with Crippen molar-refractivity contribution in [2.75, 3.05) is 6.54 Å². The summed E-state index contributed by atoms with van der Waals surface area (Å²) in [5.41, 5.74) is 2.74. The van der Waals surface area contributed by atoms with E-state index in [1.807, 2.05) is 36.5 Å². The summed E-state index contributed by atoms with van der Waals surface area (Å²) in [4.78, 5) is 41.2. The van der Waals surface area contributed by atoms with E-state index in [2.05, 4.69) is 15.6 Å². The number of hydrogen-bond acceptors (Lipinski definition) is 3. The van der Waals surface area contributed by atoms with Crippen molar-refractivity contribution in [2.24, 2.45) is 0 Å². The van der Waals surface area contributed by atoms with Crippen molar-refractivity contribution >= 4 is 40.3 Å². The minimum atomic E-state index is -0.692. The van der Waals surface area contributed by atoms with Gasteiger partial charge in [-0.1, -0.05) is 41.9 Å². The van der Waals surface area contributed by atoms with Gasteiger partial charge in [0.2, 0.25) is 5.91 Å². The Balaban J connectivity index is 1.37. The SMILES string of the molecule is O=C(CN1C(=O)N[C@@H](Cc2c[nH]c3ccccc23)C1=O)NCc1cccc(Cl)c1. The van der Waals surface area contributed by atoms with Gasteiger partial charge in [0.1, 0.15) is 12.6 Å². The van der Waals surface area contributed by atoms with Crippen LogP contribution in [0.15, 0.2) is 54.7 Å². The molecule has 4 amide bonds. The first-order chi connectivity index (χ1) is 14.0. The number of para-hydroxylation sites is 1. The topological polar surface area (TPSA) is 94.3 Å². The maximum atomic E-state index is 12.7. The van der Waals surface area contributed by atoms with Gasteiger partial charge in [-0.25, -0.2) is 4.79 Å². The monoisotopic (exact) mass is 410 g/mol. The lowest BCUT2D eigenvalue weighted by Gasteiger charge is -2.13. The molecule has 1 saturated heterocycles. The number of halogens is 1. The Hall–Kier alpha value is -3.32. The fourth-order valence-corrected chi connectivity index (χ4v) is 3.65. The second kappa shape index (κ2) is 7.97. The number of H-pyrrole nitrogens is 1. The predicted molar refractivity (Wildman–Crippen MR) is 109 cm³/mol. The zero-order valence-corrected chi connectivity index (χ0v) is 16.2. The number of hydrogen-bond donors (Lipinski definition) is 3. The molecule has 7 nitrogen and oxygen atoms in total. The molecule has 8 heteroatoms. The first kappa shape index (κ1) is 19.0. The number of carbonyl (C=O) groups excluding carboxylic acids is 3. The molecule has 0 bridgehead atoms.